The van der Waals surface area contributed by atoms with Gasteiger partial charge in [-0.2, -0.15) is 10.2 Å². The number of thiocarbonyl (C=S) groups is 1. The fraction of sp³-hybridized carbons (Fsp3) is 0.562. The van der Waals surface area contributed by atoms with Crippen LogP contribution in [-0.4, -0.2) is 44.4 Å². The topological polar surface area (TPSA) is 68.9 Å². The van der Waals surface area contributed by atoms with Crippen LogP contribution in [0.15, 0.2) is 18.6 Å². The minimum atomic E-state index is 0.598. The van der Waals surface area contributed by atoms with Crippen molar-refractivity contribution in [3.63, 3.8) is 0 Å². The van der Waals surface area contributed by atoms with Crippen molar-refractivity contribution in [2.24, 2.45) is 0 Å². The highest BCUT2D eigenvalue weighted by Crippen LogP contribution is 2.11. The van der Waals surface area contributed by atoms with Crippen molar-refractivity contribution >= 4 is 23.0 Å². The zero-order valence-electron chi connectivity index (χ0n) is 14.6. The summed E-state index contributed by atoms with van der Waals surface area (Å²) in [4.78, 5) is 0. The fourth-order valence-corrected chi connectivity index (χ4v) is 2.56. The lowest BCUT2D eigenvalue weighted by Crippen LogP contribution is -2.29. The molecule has 2 heterocycles. The molecule has 8 heteroatoms. The number of aryl methyl sites for hydroxylation is 1. The molecule has 0 saturated carbocycles. The number of hydrogen-bond donors (Lipinski definition) is 2. The molecule has 0 bridgehead atoms. The number of rotatable bonds is 9. The summed E-state index contributed by atoms with van der Waals surface area (Å²) in [6.45, 7) is 10.0. The monoisotopic (exact) mass is 350 g/mol. The maximum Gasteiger partial charge on any atom is 0.170 e. The summed E-state index contributed by atoms with van der Waals surface area (Å²) in [7, 11) is 0. The lowest BCUT2D eigenvalue weighted by atomic mass is 10.2. The first kappa shape index (κ1) is 18.4. The van der Waals surface area contributed by atoms with Gasteiger partial charge in [-0.15, -0.1) is 0 Å². The quantitative estimate of drug-likeness (QED) is 0.534. The van der Waals surface area contributed by atoms with Gasteiger partial charge in [0.1, 0.15) is 0 Å². The number of ether oxygens (including phenoxy) is 1. The zero-order chi connectivity index (χ0) is 17.4. The molecule has 2 N–H and O–H groups in total. The lowest BCUT2D eigenvalue weighted by Gasteiger charge is -2.08. The van der Waals surface area contributed by atoms with Gasteiger partial charge < -0.3 is 15.4 Å². The van der Waals surface area contributed by atoms with Crippen LogP contribution in [0.3, 0.4) is 0 Å². The minimum Gasteiger partial charge on any atom is -0.382 e. The summed E-state index contributed by atoms with van der Waals surface area (Å²) < 4.78 is 9.15. The molecule has 0 aliphatic carbocycles. The van der Waals surface area contributed by atoms with Gasteiger partial charge in [-0.05, 0) is 39.4 Å². The predicted molar refractivity (Wildman–Crippen MR) is 99.3 cm³/mol. The summed E-state index contributed by atoms with van der Waals surface area (Å²) in [5.74, 6) is 0. The normalized spacial score (nSPS) is 10.8. The third kappa shape index (κ3) is 5.31. The van der Waals surface area contributed by atoms with Gasteiger partial charge in [0.15, 0.2) is 5.11 Å². The maximum absolute atomic E-state index is 5.29. The molecular weight excluding hydrogens is 324 g/mol. The van der Waals surface area contributed by atoms with E-state index in [1.807, 2.05) is 28.7 Å². The molecule has 0 aliphatic rings. The second-order valence-corrected chi connectivity index (χ2v) is 5.84. The summed E-state index contributed by atoms with van der Waals surface area (Å²) in [5.41, 5.74) is 3.22. The Hall–Kier alpha value is -1.93. The van der Waals surface area contributed by atoms with E-state index in [2.05, 4.69) is 34.7 Å². The molecule has 24 heavy (non-hydrogen) atoms. The van der Waals surface area contributed by atoms with Crippen molar-refractivity contribution < 1.29 is 4.74 Å². The van der Waals surface area contributed by atoms with Gasteiger partial charge in [-0.3, -0.25) is 9.36 Å². The third-order valence-electron chi connectivity index (χ3n) is 3.68. The fourth-order valence-electron chi connectivity index (χ4n) is 2.34. The lowest BCUT2D eigenvalue weighted by molar-refractivity contribution is 0.146. The number of nitrogens with zero attached hydrogens (tertiary/aromatic N) is 4. The van der Waals surface area contributed by atoms with Crippen molar-refractivity contribution in [1.82, 2.24) is 24.9 Å². The first-order chi connectivity index (χ1) is 11.6. The van der Waals surface area contributed by atoms with Gasteiger partial charge in [0, 0.05) is 43.8 Å². The smallest absolute Gasteiger partial charge is 0.170 e. The first-order valence-corrected chi connectivity index (χ1v) is 8.71. The molecular formula is C16H26N6OS. The second kappa shape index (κ2) is 9.39. The van der Waals surface area contributed by atoms with Crippen LogP contribution in [0.2, 0.25) is 0 Å². The van der Waals surface area contributed by atoms with E-state index in [0.29, 0.717) is 11.7 Å². The van der Waals surface area contributed by atoms with Crippen LogP contribution in [0.5, 0.6) is 0 Å². The molecule has 0 radical (unpaired) electrons. The highest BCUT2D eigenvalue weighted by Gasteiger charge is 2.07. The van der Waals surface area contributed by atoms with E-state index < -0.39 is 0 Å². The molecule has 0 amide bonds. The molecule has 2 rings (SSSR count). The molecule has 132 valence electrons. The Bertz CT molecular complexity index is 651. The van der Waals surface area contributed by atoms with Crippen LogP contribution in [-0.2, 0) is 17.8 Å². The van der Waals surface area contributed by atoms with Crippen molar-refractivity contribution in [2.75, 3.05) is 25.1 Å². The summed E-state index contributed by atoms with van der Waals surface area (Å²) >= 11 is 5.28. The Labute approximate surface area is 148 Å². The Kier molecular flexibility index (Phi) is 7.20. The number of anilines is 1. The standard InChI is InChI=1S/C16H26N6OS/c1-4-22-13(3)14(9-19-22)11-21-12-15(10-18-21)20-16(24)17-7-6-8-23-5-2/h9-10,12H,4-8,11H2,1-3H3,(H2,17,20,24). The number of aromatic nitrogens is 4. The van der Waals surface area contributed by atoms with Crippen molar-refractivity contribution in [3.8, 4) is 0 Å². The molecule has 0 fully saturated rings. The molecule has 0 atom stereocenters. The molecule has 2 aromatic heterocycles. The van der Waals surface area contributed by atoms with E-state index in [-0.39, 0.29) is 0 Å². The molecule has 0 spiro atoms. The number of nitrogens with one attached hydrogen (secondary N) is 2. The molecule has 0 unspecified atom stereocenters. The highest BCUT2D eigenvalue weighted by atomic mass is 32.1. The van der Waals surface area contributed by atoms with Crippen molar-refractivity contribution in [2.45, 2.75) is 40.3 Å². The van der Waals surface area contributed by atoms with Crippen LogP contribution >= 0.6 is 12.2 Å². The van der Waals surface area contributed by atoms with Gasteiger partial charge in [0.25, 0.3) is 0 Å². The number of hydrogen-bond acceptors (Lipinski definition) is 4. The average Bonchev–Trinajstić information content (AvgIpc) is 3.15. The van der Waals surface area contributed by atoms with Gasteiger partial charge in [-0.25, -0.2) is 0 Å². The Morgan fingerprint density at radius 2 is 2.12 bits per heavy atom. The van der Waals surface area contributed by atoms with Gasteiger partial charge in [0.2, 0.25) is 0 Å². The van der Waals surface area contributed by atoms with Crippen molar-refractivity contribution in [1.29, 1.82) is 0 Å². The highest BCUT2D eigenvalue weighted by molar-refractivity contribution is 7.80. The van der Waals surface area contributed by atoms with E-state index in [4.69, 9.17) is 17.0 Å². The summed E-state index contributed by atoms with van der Waals surface area (Å²) in [5, 5.41) is 15.6. The van der Waals surface area contributed by atoms with Crippen LogP contribution in [0.1, 0.15) is 31.5 Å². The van der Waals surface area contributed by atoms with Crippen LogP contribution in [0.25, 0.3) is 0 Å². The summed E-state index contributed by atoms with van der Waals surface area (Å²) in [6.07, 6.45) is 6.54. The van der Waals surface area contributed by atoms with E-state index in [0.717, 1.165) is 38.4 Å². The third-order valence-corrected chi connectivity index (χ3v) is 3.93. The second-order valence-electron chi connectivity index (χ2n) is 5.43. The van der Waals surface area contributed by atoms with Gasteiger partial charge >= 0.3 is 0 Å². The van der Waals surface area contributed by atoms with Crippen LogP contribution in [0, 0.1) is 6.92 Å². The van der Waals surface area contributed by atoms with E-state index in [1.165, 1.54) is 11.3 Å². The zero-order valence-corrected chi connectivity index (χ0v) is 15.4. The SMILES string of the molecule is CCOCCCNC(=S)Nc1cnn(Cc2cnn(CC)c2C)c1. The minimum absolute atomic E-state index is 0.598. The van der Waals surface area contributed by atoms with Crippen LogP contribution in [0.4, 0.5) is 5.69 Å². The average molecular weight is 350 g/mol. The van der Waals surface area contributed by atoms with Gasteiger partial charge in [-0.1, -0.05) is 0 Å². The maximum atomic E-state index is 5.29. The van der Waals surface area contributed by atoms with Crippen molar-refractivity contribution in [3.05, 3.63) is 29.8 Å². The Balaban J connectivity index is 1.80. The Morgan fingerprint density at radius 1 is 1.29 bits per heavy atom. The molecule has 0 aromatic carbocycles. The molecule has 0 aliphatic heterocycles. The Morgan fingerprint density at radius 3 is 2.83 bits per heavy atom. The van der Waals surface area contributed by atoms with E-state index in [9.17, 15) is 0 Å². The van der Waals surface area contributed by atoms with E-state index in [1.54, 1.807) is 6.20 Å². The molecule has 2 aromatic rings. The van der Waals surface area contributed by atoms with Crippen LogP contribution < -0.4 is 10.6 Å². The first-order valence-electron chi connectivity index (χ1n) is 8.30. The molecule has 7 nitrogen and oxygen atoms in total. The predicted octanol–water partition coefficient (Wildman–Crippen LogP) is 2.17. The van der Waals surface area contributed by atoms with E-state index >= 15 is 0 Å². The largest absolute Gasteiger partial charge is 0.382 e. The summed E-state index contributed by atoms with van der Waals surface area (Å²) in [6, 6.07) is 0. The molecule has 0 saturated heterocycles. The van der Waals surface area contributed by atoms with Gasteiger partial charge in [0.05, 0.1) is 24.6 Å².